The van der Waals surface area contributed by atoms with Gasteiger partial charge in [0.1, 0.15) is 0 Å². The summed E-state index contributed by atoms with van der Waals surface area (Å²) in [4.78, 5) is 24.6. The highest BCUT2D eigenvalue weighted by Gasteiger charge is 2.12. The van der Waals surface area contributed by atoms with Gasteiger partial charge in [0.2, 0.25) is 0 Å². The number of benzene rings is 2. The molecular formula is C15H12BrNO2S. The van der Waals surface area contributed by atoms with E-state index in [1.807, 2.05) is 30.3 Å². The fourth-order valence-corrected chi connectivity index (χ4v) is 3.09. The molecule has 0 aromatic heterocycles. The fourth-order valence-electron chi connectivity index (χ4n) is 1.70. The van der Waals surface area contributed by atoms with Gasteiger partial charge in [0.25, 0.3) is 5.91 Å². The van der Waals surface area contributed by atoms with Crippen molar-refractivity contribution in [3.05, 3.63) is 58.1 Å². The lowest BCUT2D eigenvalue weighted by Crippen LogP contribution is -2.18. The van der Waals surface area contributed by atoms with Crippen molar-refractivity contribution in [3.63, 3.8) is 0 Å². The van der Waals surface area contributed by atoms with Crippen LogP contribution in [0.15, 0.2) is 56.7 Å². The van der Waals surface area contributed by atoms with Crippen LogP contribution < -0.4 is 5.32 Å². The Morgan fingerprint density at radius 3 is 2.65 bits per heavy atom. The van der Waals surface area contributed by atoms with E-state index < -0.39 is 0 Å². The molecule has 1 N–H and O–H groups in total. The first-order chi connectivity index (χ1) is 9.65. The number of hydrogen-bond donors (Lipinski definition) is 1. The maximum Gasteiger partial charge on any atom is 0.252 e. The van der Waals surface area contributed by atoms with E-state index in [-0.39, 0.29) is 5.91 Å². The molecule has 0 aliphatic carbocycles. The molecule has 0 spiro atoms. The zero-order chi connectivity index (χ0) is 14.5. The Morgan fingerprint density at radius 1 is 1.20 bits per heavy atom. The third-order valence-electron chi connectivity index (χ3n) is 2.68. The highest BCUT2D eigenvalue weighted by molar-refractivity contribution is 9.10. The summed E-state index contributed by atoms with van der Waals surface area (Å²) in [6.07, 6.45) is 0.815. The molecule has 0 unspecified atom stereocenters. The largest absolute Gasteiger partial charge is 0.355 e. The molecule has 0 saturated heterocycles. The van der Waals surface area contributed by atoms with Crippen molar-refractivity contribution in [1.29, 1.82) is 0 Å². The number of halogens is 1. The summed E-state index contributed by atoms with van der Waals surface area (Å²) in [5.74, 6) is -0.141. The van der Waals surface area contributed by atoms with E-state index in [2.05, 4.69) is 21.2 Å². The normalized spacial score (nSPS) is 10.1. The Balaban J connectivity index is 2.40. The maximum atomic E-state index is 11.8. The lowest BCUT2D eigenvalue weighted by Gasteiger charge is -2.09. The molecule has 0 bridgehead atoms. The summed E-state index contributed by atoms with van der Waals surface area (Å²) in [6.45, 7) is 0. The topological polar surface area (TPSA) is 46.2 Å². The van der Waals surface area contributed by atoms with Gasteiger partial charge in [-0.05, 0) is 30.3 Å². The molecule has 5 heteroatoms. The van der Waals surface area contributed by atoms with Crippen molar-refractivity contribution in [2.45, 2.75) is 9.79 Å². The average Bonchev–Trinajstić information content (AvgIpc) is 2.48. The molecule has 20 heavy (non-hydrogen) atoms. The van der Waals surface area contributed by atoms with Gasteiger partial charge in [-0.15, -0.1) is 0 Å². The zero-order valence-corrected chi connectivity index (χ0v) is 13.1. The monoisotopic (exact) mass is 349 g/mol. The quantitative estimate of drug-likeness (QED) is 0.854. The van der Waals surface area contributed by atoms with Crippen molar-refractivity contribution < 1.29 is 9.59 Å². The first kappa shape index (κ1) is 14.8. The summed E-state index contributed by atoms with van der Waals surface area (Å²) < 4.78 is 0.850. The van der Waals surface area contributed by atoms with Gasteiger partial charge >= 0.3 is 0 Å². The second-order valence-corrected chi connectivity index (χ2v) is 5.98. The molecule has 0 radical (unpaired) electrons. The van der Waals surface area contributed by atoms with E-state index in [4.69, 9.17) is 0 Å². The predicted octanol–water partition coefficient (Wildman–Crippen LogP) is 3.77. The Bertz CT molecular complexity index is 658. The van der Waals surface area contributed by atoms with Crippen LogP contribution in [0.1, 0.15) is 20.7 Å². The smallest absolute Gasteiger partial charge is 0.252 e. The van der Waals surface area contributed by atoms with E-state index in [0.29, 0.717) is 11.1 Å². The molecule has 0 heterocycles. The lowest BCUT2D eigenvalue weighted by molar-refractivity contribution is 0.0960. The minimum absolute atomic E-state index is 0.141. The van der Waals surface area contributed by atoms with Gasteiger partial charge in [-0.2, -0.15) is 0 Å². The van der Waals surface area contributed by atoms with Crippen LogP contribution in [0, 0.1) is 0 Å². The summed E-state index contributed by atoms with van der Waals surface area (Å²) in [7, 11) is 1.60. The number of carbonyl (C=O) groups is 2. The molecule has 2 rings (SSSR count). The van der Waals surface area contributed by atoms with Crippen LogP contribution in [0.3, 0.4) is 0 Å². The number of amides is 1. The summed E-state index contributed by atoms with van der Waals surface area (Å²) in [6, 6.07) is 12.8. The van der Waals surface area contributed by atoms with Crippen molar-refractivity contribution in [2.24, 2.45) is 0 Å². The molecule has 0 atom stereocenters. The Hall–Kier alpha value is -1.59. The Kier molecular flexibility index (Phi) is 4.98. The van der Waals surface area contributed by atoms with Crippen LogP contribution in [0.25, 0.3) is 0 Å². The van der Waals surface area contributed by atoms with Gasteiger partial charge in [-0.25, -0.2) is 0 Å². The number of aldehydes is 1. The highest BCUT2D eigenvalue weighted by atomic mass is 79.9. The minimum Gasteiger partial charge on any atom is -0.355 e. The van der Waals surface area contributed by atoms with Gasteiger partial charge in [0, 0.05) is 26.9 Å². The van der Waals surface area contributed by atoms with Crippen LogP contribution in [0.4, 0.5) is 0 Å². The van der Waals surface area contributed by atoms with E-state index in [1.165, 1.54) is 11.8 Å². The fraction of sp³-hybridized carbons (Fsp3) is 0.0667. The second-order valence-electron chi connectivity index (χ2n) is 3.98. The van der Waals surface area contributed by atoms with Crippen LogP contribution >= 0.6 is 27.7 Å². The first-order valence-electron chi connectivity index (χ1n) is 5.89. The van der Waals surface area contributed by atoms with E-state index in [9.17, 15) is 9.59 Å². The molecule has 2 aromatic rings. The third-order valence-corrected chi connectivity index (χ3v) is 4.34. The SMILES string of the molecule is CNC(=O)c1ccccc1Sc1ccc(Br)cc1C=O. The summed E-state index contributed by atoms with van der Waals surface area (Å²) >= 11 is 4.74. The number of rotatable bonds is 4. The van der Waals surface area contributed by atoms with E-state index in [0.717, 1.165) is 20.5 Å². The Morgan fingerprint density at radius 2 is 1.95 bits per heavy atom. The van der Waals surface area contributed by atoms with Crippen LogP contribution in [0.5, 0.6) is 0 Å². The van der Waals surface area contributed by atoms with Gasteiger partial charge in [-0.1, -0.05) is 39.8 Å². The van der Waals surface area contributed by atoms with Gasteiger partial charge in [-0.3, -0.25) is 9.59 Å². The minimum atomic E-state index is -0.141. The number of hydrogen-bond acceptors (Lipinski definition) is 3. The molecular weight excluding hydrogens is 338 g/mol. The van der Waals surface area contributed by atoms with Crippen molar-refractivity contribution in [1.82, 2.24) is 5.32 Å². The van der Waals surface area contributed by atoms with E-state index in [1.54, 1.807) is 19.2 Å². The van der Waals surface area contributed by atoms with Gasteiger partial charge < -0.3 is 5.32 Å². The molecule has 3 nitrogen and oxygen atoms in total. The molecule has 2 aromatic carbocycles. The van der Waals surface area contributed by atoms with Crippen molar-refractivity contribution in [3.8, 4) is 0 Å². The third kappa shape index (κ3) is 3.29. The molecule has 0 fully saturated rings. The molecule has 0 aliphatic rings. The number of carbonyl (C=O) groups excluding carboxylic acids is 2. The lowest BCUT2D eigenvalue weighted by atomic mass is 10.2. The standard InChI is InChI=1S/C15H12BrNO2S/c1-17-15(19)12-4-2-3-5-14(12)20-13-7-6-11(16)8-10(13)9-18/h2-9H,1H3,(H,17,19). The molecule has 0 saturated carbocycles. The summed E-state index contributed by atoms with van der Waals surface area (Å²) in [5, 5.41) is 2.62. The second kappa shape index (κ2) is 6.72. The molecule has 0 aliphatic heterocycles. The Labute approximate surface area is 129 Å². The van der Waals surface area contributed by atoms with Crippen LogP contribution in [-0.4, -0.2) is 19.2 Å². The van der Waals surface area contributed by atoms with Gasteiger partial charge in [0.15, 0.2) is 6.29 Å². The zero-order valence-electron chi connectivity index (χ0n) is 10.7. The van der Waals surface area contributed by atoms with Crippen LogP contribution in [-0.2, 0) is 0 Å². The molecule has 1 amide bonds. The maximum absolute atomic E-state index is 11.8. The number of nitrogens with one attached hydrogen (secondary N) is 1. The van der Waals surface area contributed by atoms with Gasteiger partial charge in [0.05, 0.1) is 5.56 Å². The molecule has 102 valence electrons. The highest BCUT2D eigenvalue weighted by Crippen LogP contribution is 2.33. The van der Waals surface area contributed by atoms with E-state index >= 15 is 0 Å². The van der Waals surface area contributed by atoms with Crippen molar-refractivity contribution >= 4 is 39.9 Å². The average molecular weight is 350 g/mol. The summed E-state index contributed by atoms with van der Waals surface area (Å²) in [5.41, 5.74) is 1.19. The first-order valence-corrected chi connectivity index (χ1v) is 7.50. The van der Waals surface area contributed by atoms with Crippen molar-refractivity contribution in [2.75, 3.05) is 7.05 Å². The van der Waals surface area contributed by atoms with Crippen LogP contribution in [0.2, 0.25) is 0 Å². The predicted molar refractivity (Wildman–Crippen MR) is 83.5 cm³/mol.